The topological polar surface area (TPSA) is 67.0 Å². The molecule has 5 nitrogen and oxygen atoms in total. The lowest BCUT2D eigenvalue weighted by Gasteiger charge is -2.29. The largest absolute Gasteiger partial charge is 0.305 e. The molecule has 2 rings (SSSR count). The third-order valence-corrected chi connectivity index (χ3v) is 4.67. The molecule has 0 aliphatic carbocycles. The normalized spacial score (nSPS) is 22.7. The zero-order chi connectivity index (χ0) is 16.7. The standard InChI is InChI=1S/C18H25N5/c1-22(13-15(11-20)5-3-8-19)14-17-7-10-23(2)18(17)16-6-4-9-21-12-16/h4,6,9,12,15,17-18H,3,5,7,10,13-14H2,1-2H3/t15?,17-,18-/m0/s1. The van der Waals surface area contributed by atoms with Crippen LogP contribution in [0.25, 0.3) is 0 Å². The van der Waals surface area contributed by atoms with Crippen LogP contribution >= 0.6 is 0 Å². The van der Waals surface area contributed by atoms with Gasteiger partial charge in [0.15, 0.2) is 0 Å². The lowest BCUT2D eigenvalue weighted by Crippen LogP contribution is -2.33. The Bertz CT molecular complexity index is 559. The van der Waals surface area contributed by atoms with Gasteiger partial charge in [0.05, 0.1) is 18.1 Å². The Kier molecular flexibility index (Phi) is 6.52. The van der Waals surface area contributed by atoms with Crippen molar-refractivity contribution in [2.24, 2.45) is 11.8 Å². The molecule has 0 amide bonds. The van der Waals surface area contributed by atoms with Crippen LogP contribution in [0, 0.1) is 34.5 Å². The molecule has 23 heavy (non-hydrogen) atoms. The van der Waals surface area contributed by atoms with E-state index in [0.29, 0.717) is 24.8 Å². The van der Waals surface area contributed by atoms with Crippen molar-refractivity contribution in [2.75, 3.05) is 33.7 Å². The number of rotatable bonds is 7. The number of hydrogen-bond donors (Lipinski definition) is 0. The third kappa shape index (κ3) is 4.76. The maximum atomic E-state index is 9.23. The summed E-state index contributed by atoms with van der Waals surface area (Å²) < 4.78 is 0. The van der Waals surface area contributed by atoms with E-state index in [-0.39, 0.29) is 5.92 Å². The van der Waals surface area contributed by atoms with Crippen LogP contribution in [-0.4, -0.2) is 48.5 Å². The van der Waals surface area contributed by atoms with Crippen molar-refractivity contribution < 1.29 is 0 Å². The molecule has 5 heteroatoms. The smallest absolute Gasteiger partial charge is 0.0669 e. The average Bonchev–Trinajstić information content (AvgIpc) is 2.92. The third-order valence-electron chi connectivity index (χ3n) is 4.67. The van der Waals surface area contributed by atoms with Crippen molar-refractivity contribution in [3.8, 4) is 12.1 Å². The van der Waals surface area contributed by atoms with E-state index in [1.807, 2.05) is 18.5 Å². The number of pyridine rings is 1. The fourth-order valence-electron chi connectivity index (χ4n) is 3.58. The average molecular weight is 311 g/mol. The van der Waals surface area contributed by atoms with Gasteiger partial charge >= 0.3 is 0 Å². The Morgan fingerprint density at radius 3 is 2.96 bits per heavy atom. The van der Waals surface area contributed by atoms with E-state index in [1.165, 1.54) is 5.56 Å². The van der Waals surface area contributed by atoms with E-state index in [0.717, 1.165) is 26.1 Å². The van der Waals surface area contributed by atoms with Gasteiger partial charge < -0.3 is 4.90 Å². The fourth-order valence-corrected chi connectivity index (χ4v) is 3.58. The summed E-state index contributed by atoms with van der Waals surface area (Å²) in [7, 11) is 4.25. The van der Waals surface area contributed by atoms with Crippen LogP contribution in [0.15, 0.2) is 24.5 Å². The van der Waals surface area contributed by atoms with E-state index < -0.39 is 0 Å². The minimum absolute atomic E-state index is 0.0596. The first-order chi connectivity index (χ1) is 11.2. The summed E-state index contributed by atoms with van der Waals surface area (Å²) >= 11 is 0. The predicted molar refractivity (Wildman–Crippen MR) is 89.2 cm³/mol. The van der Waals surface area contributed by atoms with Crippen molar-refractivity contribution in [3.05, 3.63) is 30.1 Å². The Morgan fingerprint density at radius 2 is 2.30 bits per heavy atom. The molecular formula is C18H25N5. The first-order valence-corrected chi connectivity index (χ1v) is 8.21. The molecule has 0 bridgehead atoms. The molecule has 1 aliphatic heterocycles. The summed E-state index contributed by atoms with van der Waals surface area (Å²) in [5.74, 6) is 0.486. The van der Waals surface area contributed by atoms with Crippen molar-refractivity contribution in [3.63, 3.8) is 0 Å². The van der Waals surface area contributed by atoms with E-state index >= 15 is 0 Å². The summed E-state index contributed by atoms with van der Waals surface area (Å²) in [6, 6.07) is 9.00. The van der Waals surface area contributed by atoms with Gasteiger partial charge in [0.25, 0.3) is 0 Å². The number of likely N-dealkylation sites (tertiary alicyclic amines) is 1. The van der Waals surface area contributed by atoms with Gasteiger partial charge in [-0.2, -0.15) is 10.5 Å². The molecule has 122 valence electrons. The Labute approximate surface area is 139 Å². The highest BCUT2D eigenvalue weighted by Crippen LogP contribution is 2.36. The van der Waals surface area contributed by atoms with E-state index in [9.17, 15) is 5.26 Å². The van der Waals surface area contributed by atoms with Crippen molar-refractivity contribution in [2.45, 2.75) is 25.3 Å². The highest BCUT2D eigenvalue weighted by Gasteiger charge is 2.33. The Hall–Kier alpha value is -1.95. The molecule has 1 aromatic rings. The highest BCUT2D eigenvalue weighted by atomic mass is 15.2. The molecule has 0 N–H and O–H groups in total. The van der Waals surface area contributed by atoms with Crippen molar-refractivity contribution >= 4 is 0 Å². The first kappa shape index (κ1) is 17.4. The van der Waals surface area contributed by atoms with Crippen LogP contribution in [0.2, 0.25) is 0 Å². The molecule has 3 atom stereocenters. The summed E-state index contributed by atoms with van der Waals surface area (Å²) in [5.41, 5.74) is 1.27. The zero-order valence-corrected chi connectivity index (χ0v) is 14.0. The molecule has 0 radical (unpaired) electrons. The van der Waals surface area contributed by atoms with Crippen molar-refractivity contribution in [1.82, 2.24) is 14.8 Å². The number of nitriles is 2. The Morgan fingerprint density at radius 1 is 1.48 bits per heavy atom. The number of hydrogen-bond acceptors (Lipinski definition) is 5. The lowest BCUT2D eigenvalue weighted by molar-refractivity contribution is 0.206. The van der Waals surface area contributed by atoms with Crippen LogP contribution in [0.3, 0.4) is 0 Å². The molecular weight excluding hydrogens is 286 g/mol. The summed E-state index contributed by atoms with van der Waals surface area (Å²) in [6.45, 7) is 2.79. The summed E-state index contributed by atoms with van der Waals surface area (Å²) in [5, 5.41) is 17.9. The lowest BCUT2D eigenvalue weighted by atomic mass is 9.94. The van der Waals surface area contributed by atoms with Crippen LogP contribution in [0.1, 0.15) is 30.9 Å². The summed E-state index contributed by atoms with van der Waals surface area (Å²) in [4.78, 5) is 8.90. The second kappa shape index (κ2) is 8.62. The van der Waals surface area contributed by atoms with Crippen LogP contribution < -0.4 is 0 Å². The predicted octanol–water partition coefficient (Wildman–Crippen LogP) is 2.45. The minimum Gasteiger partial charge on any atom is -0.305 e. The molecule has 0 saturated carbocycles. The molecule has 2 heterocycles. The van der Waals surface area contributed by atoms with Gasteiger partial charge in [-0.15, -0.1) is 0 Å². The molecule has 1 aromatic heterocycles. The molecule has 0 spiro atoms. The van der Waals surface area contributed by atoms with Gasteiger partial charge in [0.2, 0.25) is 0 Å². The van der Waals surface area contributed by atoms with E-state index in [4.69, 9.17) is 5.26 Å². The van der Waals surface area contributed by atoms with E-state index in [2.05, 4.69) is 47.1 Å². The van der Waals surface area contributed by atoms with Gasteiger partial charge in [-0.25, -0.2) is 0 Å². The molecule has 0 aromatic carbocycles. The molecule has 1 aliphatic rings. The number of aromatic nitrogens is 1. The van der Waals surface area contributed by atoms with Crippen LogP contribution in [0.4, 0.5) is 0 Å². The highest BCUT2D eigenvalue weighted by molar-refractivity contribution is 5.17. The van der Waals surface area contributed by atoms with Gasteiger partial charge in [0.1, 0.15) is 0 Å². The van der Waals surface area contributed by atoms with E-state index in [1.54, 1.807) is 0 Å². The maximum Gasteiger partial charge on any atom is 0.0669 e. The molecule has 1 saturated heterocycles. The monoisotopic (exact) mass is 311 g/mol. The second-order valence-corrected chi connectivity index (χ2v) is 6.50. The Balaban J connectivity index is 1.95. The second-order valence-electron chi connectivity index (χ2n) is 6.50. The quantitative estimate of drug-likeness (QED) is 0.774. The minimum atomic E-state index is -0.0596. The summed E-state index contributed by atoms with van der Waals surface area (Å²) in [6.07, 6.45) is 6.05. The maximum absolute atomic E-state index is 9.23. The first-order valence-electron chi connectivity index (χ1n) is 8.21. The molecule has 1 fully saturated rings. The SMILES string of the molecule is CN(CC(C#N)CCC#N)C[C@@H]1CCN(C)[C@H]1c1cccnc1. The zero-order valence-electron chi connectivity index (χ0n) is 14.0. The van der Waals surface area contributed by atoms with Gasteiger partial charge in [0, 0.05) is 37.9 Å². The van der Waals surface area contributed by atoms with Crippen LogP contribution in [-0.2, 0) is 0 Å². The number of nitrogens with zero attached hydrogens (tertiary/aromatic N) is 5. The molecule has 1 unspecified atom stereocenters. The van der Waals surface area contributed by atoms with Crippen molar-refractivity contribution in [1.29, 1.82) is 10.5 Å². The van der Waals surface area contributed by atoms with Gasteiger partial charge in [-0.1, -0.05) is 6.07 Å². The fraction of sp³-hybridized carbons (Fsp3) is 0.611. The van der Waals surface area contributed by atoms with Gasteiger partial charge in [-0.3, -0.25) is 9.88 Å². The van der Waals surface area contributed by atoms with Crippen LogP contribution in [0.5, 0.6) is 0 Å². The van der Waals surface area contributed by atoms with Gasteiger partial charge in [-0.05, 0) is 51.0 Å².